The van der Waals surface area contributed by atoms with Crippen molar-refractivity contribution in [1.82, 2.24) is 5.32 Å². The van der Waals surface area contributed by atoms with Crippen LogP contribution in [0.1, 0.15) is 44.5 Å². The van der Waals surface area contributed by atoms with Crippen LogP contribution in [-0.4, -0.2) is 18.3 Å². The molecule has 0 bridgehead atoms. The first-order valence-corrected chi connectivity index (χ1v) is 7.65. The Bertz CT molecular complexity index is 338. The van der Waals surface area contributed by atoms with E-state index >= 15 is 0 Å². The van der Waals surface area contributed by atoms with Crippen LogP contribution in [0.15, 0.2) is 15.9 Å². The second-order valence-corrected chi connectivity index (χ2v) is 7.74. The third-order valence-corrected chi connectivity index (χ3v) is 4.74. The molecule has 0 amide bonds. The van der Waals surface area contributed by atoms with Crippen LogP contribution in [0.5, 0.6) is 0 Å². The lowest BCUT2D eigenvalue weighted by atomic mass is 9.89. The van der Waals surface area contributed by atoms with E-state index in [0.717, 1.165) is 19.4 Å². The molecular formula is C13H22BrNOS. The molecule has 0 saturated carbocycles. The number of aliphatic hydroxyl groups excluding tert-OH is 1. The highest BCUT2D eigenvalue weighted by Crippen LogP contribution is 2.27. The fourth-order valence-electron chi connectivity index (χ4n) is 1.63. The minimum absolute atomic E-state index is 0.0525. The SMILES string of the molecule is CC(NCCCC(C)(C)CO)c1ccc(Br)s1. The Morgan fingerprint density at radius 1 is 1.47 bits per heavy atom. The lowest BCUT2D eigenvalue weighted by Gasteiger charge is -2.21. The fraction of sp³-hybridized carbons (Fsp3) is 0.692. The van der Waals surface area contributed by atoms with Gasteiger partial charge < -0.3 is 10.4 Å². The summed E-state index contributed by atoms with van der Waals surface area (Å²) in [5.74, 6) is 0. The molecular weight excluding hydrogens is 298 g/mol. The number of halogens is 1. The first-order valence-electron chi connectivity index (χ1n) is 6.04. The summed E-state index contributed by atoms with van der Waals surface area (Å²) in [5.41, 5.74) is 0.0525. The van der Waals surface area contributed by atoms with Crippen molar-refractivity contribution in [2.75, 3.05) is 13.2 Å². The van der Waals surface area contributed by atoms with E-state index < -0.39 is 0 Å². The normalized spacial score (nSPS) is 13.9. The lowest BCUT2D eigenvalue weighted by Crippen LogP contribution is -2.22. The summed E-state index contributed by atoms with van der Waals surface area (Å²) in [4.78, 5) is 1.36. The number of thiophene rings is 1. The topological polar surface area (TPSA) is 32.3 Å². The zero-order valence-electron chi connectivity index (χ0n) is 10.8. The van der Waals surface area contributed by atoms with E-state index in [1.54, 1.807) is 11.3 Å². The summed E-state index contributed by atoms with van der Waals surface area (Å²) in [6.07, 6.45) is 2.15. The van der Waals surface area contributed by atoms with Crippen LogP contribution in [0.4, 0.5) is 0 Å². The van der Waals surface area contributed by atoms with E-state index in [2.05, 4.69) is 54.2 Å². The van der Waals surface area contributed by atoms with E-state index in [1.165, 1.54) is 8.66 Å². The van der Waals surface area contributed by atoms with Gasteiger partial charge in [0.15, 0.2) is 0 Å². The molecule has 17 heavy (non-hydrogen) atoms. The van der Waals surface area contributed by atoms with Crippen molar-refractivity contribution >= 4 is 27.3 Å². The maximum absolute atomic E-state index is 9.16. The predicted molar refractivity (Wildman–Crippen MR) is 78.5 cm³/mol. The Labute approximate surface area is 117 Å². The summed E-state index contributed by atoms with van der Waals surface area (Å²) < 4.78 is 1.18. The van der Waals surface area contributed by atoms with Crippen LogP contribution < -0.4 is 5.32 Å². The maximum atomic E-state index is 9.16. The zero-order chi connectivity index (χ0) is 12.9. The average molecular weight is 320 g/mol. The Hall–Kier alpha value is 0.1000. The molecule has 1 aromatic heterocycles. The largest absolute Gasteiger partial charge is 0.396 e. The summed E-state index contributed by atoms with van der Waals surface area (Å²) in [5, 5.41) is 12.7. The minimum Gasteiger partial charge on any atom is -0.396 e. The van der Waals surface area contributed by atoms with Crippen molar-refractivity contribution in [3.05, 3.63) is 20.8 Å². The molecule has 4 heteroatoms. The van der Waals surface area contributed by atoms with Gasteiger partial charge >= 0.3 is 0 Å². The number of rotatable bonds is 7. The van der Waals surface area contributed by atoms with E-state index in [-0.39, 0.29) is 12.0 Å². The Morgan fingerprint density at radius 2 is 2.18 bits per heavy atom. The van der Waals surface area contributed by atoms with Crippen LogP contribution >= 0.6 is 27.3 Å². The first kappa shape index (κ1) is 15.2. The van der Waals surface area contributed by atoms with Crippen LogP contribution in [0, 0.1) is 5.41 Å². The van der Waals surface area contributed by atoms with Crippen molar-refractivity contribution in [3.63, 3.8) is 0 Å². The highest BCUT2D eigenvalue weighted by atomic mass is 79.9. The Morgan fingerprint density at radius 3 is 2.71 bits per heavy atom. The van der Waals surface area contributed by atoms with Gasteiger partial charge in [0.05, 0.1) is 3.79 Å². The fourth-order valence-corrected chi connectivity index (χ4v) is 3.08. The average Bonchev–Trinajstić information content (AvgIpc) is 2.71. The molecule has 0 radical (unpaired) electrons. The van der Waals surface area contributed by atoms with Crippen molar-refractivity contribution in [2.45, 2.75) is 39.7 Å². The Balaban J connectivity index is 2.23. The smallest absolute Gasteiger partial charge is 0.0701 e. The van der Waals surface area contributed by atoms with Crippen LogP contribution in [0.25, 0.3) is 0 Å². The van der Waals surface area contributed by atoms with Gasteiger partial charge in [-0.15, -0.1) is 11.3 Å². The maximum Gasteiger partial charge on any atom is 0.0701 e. The molecule has 0 spiro atoms. The van der Waals surface area contributed by atoms with E-state index in [9.17, 15) is 0 Å². The van der Waals surface area contributed by atoms with Crippen molar-refractivity contribution in [3.8, 4) is 0 Å². The van der Waals surface area contributed by atoms with Crippen molar-refractivity contribution in [1.29, 1.82) is 0 Å². The number of hydrogen-bond acceptors (Lipinski definition) is 3. The molecule has 0 fully saturated rings. The molecule has 1 aromatic rings. The summed E-state index contributed by atoms with van der Waals surface area (Å²) in [6.45, 7) is 7.66. The summed E-state index contributed by atoms with van der Waals surface area (Å²) >= 11 is 5.26. The van der Waals surface area contributed by atoms with Gasteiger partial charge in [0.2, 0.25) is 0 Å². The molecule has 2 nitrogen and oxygen atoms in total. The second-order valence-electron chi connectivity index (χ2n) is 5.24. The van der Waals surface area contributed by atoms with Crippen LogP contribution in [0.3, 0.4) is 0 Å². The molecule has 1 unspecified atom stereocenters. The van der Waals surface area contributed by atoms with Gasteiger partial charge in [0.25, 0.3) is 0 Å². The van der Waals surface area contributed by atoms with Crippen LogP contribution in [-0.2, 0) is 0 Å². The highest BCUT2D eigenvalue weighted by molar-refractivity contribution is 9.11. The van der Waals surface area contributed by atoms with E-state index in [0.29, 0.717) is 6.04 Å². The standard InChI is InChI=1S/C13H22BrNOS/c1-10(11-5-6-12(14)17-11)15-8-4-7-13(2,3)9-16/h5-6,10,15-16H,4,7-9H2,1-3H3. The molecule has 0 aromatic carbocycles. The van der Waals surface area contributed by atoms with Gasteiger partial charge in [-0.2, -0.15) is 0 Å². The third-order valence-electron chi connectivity index (χ3n) is 2.93. The number of aliphatic hydroxyl groups is 1. The summed E-state index contributed by atoms with van der Waals surface area (Å²) in [6, 6.07) is 4.65. The van der Waals surface area contributed by atoms with E-state index in [4.69, 9.17) is 5.11 Å². The molecule has 1 atom stereocenters. The molecule has 0 saturated heterocycles. The molecule has 0 aliphatic heterocycles. The number of nitrogens with one attached hydrogen (secondary N) is 1. The van der Waals surface area contributed by atoms with Gasteiger partial charge in [-0.3, -0.25) is 0 Å². The molecule has 0 aliphatic carbocycles. The predicted octanol–water partition coefficient (Wildman–Crippen LogP) is 3.96. The molecule has 98 valence electrons. The lowest BCUT2D eigenvalue weighted by molar-refractivity contribution is 0.147. The quantitative estimate of drug-likeness (QED) is 0.745. The second kappa shape index (κ2) is 6.88. The molecule has 1 rings (SSSR count). The van der Waals surface area contributed by atoms with Gasteiger partial charge in [-0.1, -0.05) is 13.8 Å². The Kier molecular flexibility index (Phi) is 6.13. The minimum atomic E-state index is 0.0525. The molecule has 1 heterocycles. The summed E-state index contributed by atoms with van der Waals surface area (Å²) in [7, 11) is 0. The first-order chi connectivity index (χ1) is 7.94. The monoisotopic (exact) mass is 319 g/mol. The molecule has 2 N–H and O–H groups in total. The number of hydrogen-bond donors (Lipinski definition) is 2. The van der Waals surface area contributed by atoms with Gasteiger partial charge in [0, 0.05) is 17.5 Å². The molecule has 0 aliphatic rings. The van der Waals surface area contributed by atoms with Gasteiger partial charge in [-0.25, -0.2) is 0 Å². The van der Waals surface area contributed by atoms with Crippen molar-refractivity contribution < 1.29 is 5.11 Å². The zero-order valence-corrected chi connectivity index (χ0v) is 13.2. The van der Waals surface area contributed by atoms with Gasteiger partial charge in [0.1, 0.15) is 0 Å². The highest BCUT2D eigenvalue weighted by Gasteiger charge is 2.15. The van der Waals surface area contributed by atoms with Gasteiger partial charge in [-0.05, 0) is 59.8 Å². The van der Waals surface area contributed by atoms with Crippen LogP contribution in [0.2, 0.25) is 0 Å². The third kappa shape index (κ3) is 5.51. The van der Waals surface area contributed by atoms with E-state index in [1.807, 2.05) is 0 Å². The van der Waals surface area contributed by atoms with Crippen molar-refractivity contribution in [2.24, 2.45) is 5.41 Å².